The van der Waals surface area contributed by atoms with Gasteiger partial charge in [-0.1, -0.05) is 44.2 Å². The Hall–Kier alpha value is -3.76. The van der Waals surface area contributed by atoms with E-state index in [1.165, 1.54) is 21.9 Å². The zero-order valence-electron chi connectivity index (χ0n) is 33.5. The van der Waals surface area contributed by atoms with Crippen LogP contribution in [0.1, 0.15) is 76.3 Å². The minimum Gasteiger partial charge on any atom is -0.456 e. The number of aromatic nitrogens is 1. The summed E-state index contributed by atoms with van der Waals surface area (Å²) >= 11 is 0. The van der Waals surface area contributed by atoms with Crippen molar-refractivity contribution in [2.24, 2.45) is 10.8 Å². The van der Waals surface area contributed by atoms with E-state index in [4.69, 9.17) is 32.8 Å². The van der Waals surface area contributed by atoms with Gasteiger partial charge >= 0.3 is 0 Å². The molecule has 8 nitrogen and oxygen atoms in total. The molecule has 0 saturated carbocycles. The minimum atomic E-state index is 0.256. The summed E-state index contributed by atoms with van der Waals surface area (Å²) in [5.41, 5.74) is 8.09. The average molecular weight is 762 g/mol. The molecular formula is C48H59NO7. The molecule has 0 aliphatic carbocycles. The van der Waals surface area contributed by atoms with Gasteiger partial charge in [0.15, 0.2) is 0 Å². The fourth-order valence-corrected chi connectivity index (χ4v) is 8.19. The van der Waals surface area contributed by atoms with E-state index in [0.29, 0.717) is 13.2 Å². The molecule has 0 atom stereocenters. The predicted molar refractivity (Wildman–Crippen MR) is 224 cm³/mol. The Bertz CT molecular complexity index is 2170. The SMILES string of the molecule is CCC1(COCCCCCOCc2ccc3oc4ccc5c(c6cc(COCCCCCOCC7(CC)COC7)ccc6n5-c5ccccc5)c4c3c2)COC1. The van der Waals surface area contributed by atoms with Gasteiger partial charge in [-0.25, -0.2) is 0 Å². The maximum atomic E-state index is 6.49. The van der Waals surface area contributed by atoms with Crippen molar-refractivity contribution in [3.63, 3.8) is 0 Å². The van der Waals surface area contributed by atoms with Crippen LogP contribution in [0.2, 0.25) is 0 Å². The van der Waals surface area contributed by atoms with E-state index in [-0.39, 0.29) is 10.8 Å². The third-order valence-corrected chi connectivity index (χ3v) is 12.1. The van der Waals surface area contributed by atoms with Gasteiger partial charge in [0.1, 0.15) is 11.2 Å². The monoisotopic (exact) mass is 761 g/mol. The number of para-hydroxylation sites is 1. The van der Waals surface area contributed by atoms with E-state index in [9.17, 15) is 0 Å². The Morgan fingerprint density at radius 2 is 1.07 bits per heavy atom. The van der Waals surface area contributed by atoms with Crippen LogP contribution in [0.25, 0.3) is 49.4 Å². The molecule has 4 aromatic carbocycles. The third kappa shape index (κ3) is 8.57. The van der Waals surface area contributed by atoms with Crippen LogP contribution in [0.15, 0.2) is 83.3 Å². The lowest BCUT2D eigenvalue weighted by Crippen LogP contribution is -2.45. The largest absolute Gasteiger partial charge is 0.456 e. The molecular weight excluding hydrogens is 703 g/mol. The van der Waals surface area contributed by atoms with Gasteiger partial charge in [-0.15, -0.1) is 0 Å². The second-order valence-corrected chi connectivity index (χ2v) is 16.3. The van der Waals surface area contributed by atoms with E-state index in [1.54, 1.807) is 0 Å². The summed E-state index contributed by atoms with van der Waals surface area (Å²) in [5, 5.41) is 4.67. The maximum absolute atomic E-state index is 6.49. The van der Waals surface area contributed by atoms with Crippen LogP contribution in [-0.2, 0) is 41.6 Å². The van der Waals surface area contributed by atoms with E-state index in [1.807, 2.05) is 0 Å². The number of unbranched alkanes of at least 4 members (excludes halogenated alkanes) is 4. The number of fused-ring (bicyclic) bond motifs is 7. The highest BCUT2D eigenvalue weighted by Gasteiger charge is 2.37. The number of ether oxygens (including phenoxy) is 6. The van der Waals surface area contributed by atoms with Gasteiger partial charge in [0.2, 0.25) is 0 Å². The van der Waals surface area contributed by atoms with Crippen molar-refractivity contribution in [2.75, 3.05) is 66.1 Å². The molecule has 0 radical (unpaired) electrons. The van der Waals surface area contributed by atoms with Crippen molar-refractivity contribution in [2.45, 2.75) is 78.4 Å². The molecule has 0 amide bonds. The lowest BCUT2D eigenvalue weighted by molar-refractivity contribution is -0.150. The Labute approximate surface area is 331 Å². The van der Waals surface area contributed by atoms with E-state index in [0.717, 1.165) is 156 Å². The standard InChI is InChI=1S/C48H59NO7/c1-3-47(32-54-33-47)30-52-24-12-6-10-22-50-28-36-16-18-41-39(26-36)45-42(49(41)38-14-8-5-9-15-38)19-21-44-46(45)40-27-37(17-20-43(40)56-44)29-51-23-11-7-13-25-53-31-48(4-2)34-55-35-48/h5,8-9,14-21,26-27H,3-4,6-7,10-13,22-25,28-35H2,1-2H3. The molecule has 4 heterocycles. The summed E-state index contributed by atoms with van der Waals surface area (Å²) in [7, 11) is 0. The molecule has 2 aliphatic rings. The molecule has 0 unspecified atom stereocenters. The summed E-state index contributed by atoms with van der Waals surface area (Å²) in [6.07, 6.45) is 8.61. The van der Waals surface area contributed by atoms with Crippen molar-refractivity contribution in [3.05, 3.63) is 90.0 Å². The predicted octanol–water partition coefficient (Wildman–Crippen LogP) is 10.9. The summed E-state index contributed by atoms with van der Waals surface area (Å²) in [6.45, 7) is 13.7. The Kier molecular flexibility index (Phi) is 12.7. The first kappa shape index (κ1) is 39.1. The minimum absolute atomic E-state index is 0.256. The van der Waals surface area contributed by atoms with E-state index < -0.39 is 0 Å². The summed E-state index contributed by atoms with van der Waals surface area (Å²) in [6, 6.07) is 28.2. The first-order chi connectivity index (χ1) is 27.6. The quantitative estimate of drug-likeness (QED) is 0.0602. The summed E-state index contributed by atoms with van der Waals surface area (Å²) in [4.78, 5) is 0. The van der Waals surface area contributed by atoms with Gasteiger partial charge in [0, 0.05) is 64.5 Å². The molecule has 6 aromatic rings. The van der Waals surface area contributed by atoms with Gasteiger partial charge in [-0.3, -0.25) is 0 Å². The van der Waals surface area contributed by atoms with Crippen LogP contribution in [-0.4, -0.2) is 70.6 Å². The van der Waals surface area contributed by atoms with E-state index in [2.05, 4.69) is 97.3 Å². The van der Waals surface area contributed by atoms with Crippen molar-refractivity contribution in [3.8, 4) is 5.69 Å². The highest BCUT2D eigenvalue weighted by molar-refractivity contribution is 6.27. The smallest absolute Gasteiger partial charge is 0.136 e. The van der Waals surface area contributed by atoms with Crippen LogP contribution >= 0.6 is 0 Å². The number of nitrogens with zero attached hydrogens (tertiary/aromatic N) is 1. The Morgan fingerprint density at radius 3 is 1.64 bits per heavy atom. The number of benzene rings is 4. The lowest BCUT2D eigenvalue weighted by Gasteiger charge is -2.40. The molecule has 2 aromatic heterocycles. The molecule has 2 saturated heterocycles. The van der Waals surface area contributed by atoms with Gasteiger partial charge < -0.3 is 37.4 Å². The van der Waals surface area contributed by atoms with Crippen molar-refractivity contribution >= 4 is 43.7 Å². The van der Waals surface area contributed by atoms with Crippen LogP contribution in [0.5, 0.6) is 0 Å². The lowest BCUT2D eigenvalue weighted by atomic mass is 9.84. The van der Waals surface area contributed by atoms with Crippen LogP contribution in [0, 0.1) is 10.8 Å². The summed E-state index contributed by atoms with van der Waals surface area (Å²) < 4.78 is 44.1. The number of hydrogen-bond acceptors (Lipinski definition) is 7. The molecule has 2 fully saturated rings. The highest BCUT2D eigenvalue weighted by atomic mass is 16.5. The Balaban J connectivity index is 0.926. The molecule has 0 spiro atoms. The van der Waals surface area contributed by atoms with Crippen LogP contribution in [0.4, 0.5) is 0 Å². The number of hydrogen-bond donors (Lipinski definition) is 0. The first-order valence-electron chi connectivity index (χ1n) is 21.0. The van der Waals surface area contributed by atoms with Gasteiger partial charge in [0.25, 0.3) is 0 Å². The van der Waals surface area contributed by atoms with Gasteiger partial charge in [-0.05, 0) is 111 Å². The number of furan rings is 1. The first-order valence-corrected chi connectivity index (χ1v) is 21.0. The third-order valence-electron chi connectivity index (χ3n) is 12.1. The average Bonchev–Trinajstić information content (AvgIpc) is 3.73. The highest BCUT2D eigenvalue weighted by Crippen LogP contribution is 2.42. The molecule has 8 heteroatoms. The normalized spacial score (nSPS) is 16.2. The molecule has 298 valence electrons. The fourth-order valence-electron chi connectivity index (χ4n) is 8.19. The van der Waals surface area contributed by atoms with Crippen LogP contribution < -0.4 is 0 Å². The molecule has 0 bridgehead atoms. The molecule has 2 aliphatic heterocycles. The van der Waals surface area contributed by atoms with Crippen molar-refractivity contribution in [1.29, 1.82) is 0 Å². The second-order valence-electron chi connectivity index (χ2n) is 16.3. The molecule has 0 N–H and O–H groups in total. The van der Waals surface area contributed by atoms with E-state index >= 15 is 0 Å². The summed E-state index contributed by atoms with van der Waals surface area (Å²) in [5.74, 6) is 0. The molecule has 56 heavy (non-hydrogen) atoms. The fraction of sp³-hybridized carbons (Fsp3) is 0.500. The van der Waals surface area contributed by atoms with Crippen molar-refractivity contribution < 1.29 is 32.8 Å². The Morgan fingerprint density at radius 1 is 0.536 bits per heavy atom. The van der Waals surface area contributed by atoms with Crippen molar-refractivity contribution in [1.82, 2.24) is 4.57 Å². The maximum Gasteiger partial charge on any atom is 0.136 e. The zero-order valence-corrected chi connectivity index (χ0v) is 33.5. The second kappa shape index (κ2) is 18.2. The van der Waals surface area contributed by atoms with Crippen LogP contribution in [0.3, 0.4) is 0 Å². The molecule has 8 rings (SSSR count). The topological polar surface area (TPSA) is 73.5 Å². The number of rotatable bonds is 23. The zero-order chi connectivity index (χ0) is 38.2. The van der Waals surface area contributed by atoms with Gasteiger partial charge in [-0.2, -0.15) is 0 Å². The van der Waals surface area contributed by atoms with Gasteiger partial charge in [0.05, 0.1) is 63.9 Å².